The molecule has 1 aliphatic rings. The Morgan fingerprint density at radius 3 is 2.78 bits per heavy atom. The van der Waals surface area contributed by atoms with Crippen molar-refractivity contribution in [2.45, 2.75) is 38.6 Å². The molecular weight excluding hydrogens is 323 g/mol. The molecule has 2 atom stereocenters. The number of urea groups is 1. The van der Waals surface area contributed by atoms with Crippen LogP contribution in [-0.4, -0.2) is 24.6 Å². The van der Waals surface area contributed by atoms with Gasteiger partial charge in [0.1, 0.15) is 11.6 Å². The normalized spacial score (nSPS) is 20.7. The minimum Gasteiger partial charge on any atom is -0.484 e. The fourth-order valence-electron chi connectivity index (χ4n) is 2.61. The average Bonchev–Trinajstić information content (AvgIpc) is 2.51. The summed E-state index contributed by atoms with van der Waals surface area (Å²) in [6, 6.07) is 3.35. The lowest BCUT2D eigenvalue weighted by molar-refractivity contribution is -0.122. The summed E-state index contributed by atoms with van der Waals surface area (Å²) >= 11 is 5.62. The van der Waals surface area contributed by atoms with E-state index in [1.165, 1.54) is 18.6 Å². The van der Waals surface area contributed by atoms with Crippen LogP contribution in [0, 0.1) is 11.7 Å². The number of amides is 3. The van der Waals surface area contributed by atoms with Crippen molar-refractivity contribution in [1.82, 2.24) is 10.6 Å². The summed E-state index contributed by atoms with van der Waals surface area (Å²) in [6.45, 7) is 1.74. The molecule has 1 aromatic rings. The first-order chi connectivity index (χ1) is 11.0. The van der Waals surface area contributed by atoms with Crippen molar-refractivity contribution < 1.29 is 18.7 Å². The first kappa shape index (κ1) is 17.5. The minimum atomic E-state index is -0.577. The molecule has 0 radical (unpaired) electrons. The predicted octanol–water partition coefficient (Wildman–Crippen LogP) is 3.26. The molecule has 1 fully saturated rings. The summed E-state index contributed by atoms with van der Waals surface area (Å²) in [4.78, 5) is 23.5. The van der Waals surface area contributed by atoms with Gasteiger partial charge in [0.25, 0.3) is 5.91 Å². The molecule has 2 unspecified atom stereocenters. The summed E-state index contributed by atoms with van der Waals surface area (Å²) in [5, 5.41) is 4.95. The first-order valence-corrected chi connectivity index (χ1v) is 8.01. The Labute approximate surface area is 139 Å². The highest BCUT2D eigenvalue weighted by Crippen LogP contribution is 2.23. The smallest absolute Gasteiger partial charge is 0.321 e. The molecule has 0 saturated heterocycles. The molecule has 0 heterocycles. The van der Waals surface area contributed by atoms with Crippen LogP contribution in [0.3, 0.4) is 0 Å². The molecule has 2 rings (SSSR count). The largest absolute Gasteiger partial charge is 0.484 e. The number of rotatable bonds is 4. The zero-order chi connectivity index (χ0) is 16.8. The summed E-state index contributed by atoms with van der Waals surface area (Å²) in [7, 11) is 0. The van der Waals surface area contributed by atoms with Gasteiger partial charge in [-0.05, 0) is 30.9 Å². The number of nitrogens with one attached hydrogen (secondary N) is 2. The van der Waals surface area contributed by atoms with Crippen LogP contribution in [0.15, 0.2) is 18.2 Å². The molecule has 0 bridgehead atoms. The third-order valence-electron chi connectivity index (χ3n) is 3.94. The van der Waals surface area contributed by atoms with Gasteiger partial charge in [0.05, 0.1) is 5.02 Å². The number of carbonyl (C=O) groups is 2. The van der Waals surface area contributed by atoms with Gasteiger partial charge < -0.3 is 10.1 Å². The van der Waals surface area contributed by atoms with Crippen molar-refractivity contribution in [3.05, 3.63) is 29.0 Å². The highest BCUT2D eigenvalue weighted by atomic mass is 35.5. The monoisotopic (exact) mass is 342 g/mol. The van der Waals surface area contributed by atoms with E-state index in [1.807, 2.05) is 0 Å². The van der Waals surface area contributed by atoms with Crippen molar-refractivity contribution in [2.24, 2.45) is 5.92 Å². The van der Waals surface area contributed by atoms with E-state index in [2.05, 4.69) is 17.6 Å². The Kier molecular flexibility index (Phi) is 6.21. The summed E-state index contributed by atoms with van der Waals surface area (Å²) < 4.78 is 18.2. The van der Waals surface area contributed by atoms with Gasteiger partial charge in [0, 0.05) is 12.1 Å². The Bertz CT molecular complexity index is 582. The second-order valence-electron chi connectivity index (χ2n) is 5.75. The molecule has 7 heteroatoms. The molecular formula is C16H20ClFN2O3. The molecule has 126 valence electrons. The van der Waals surface area contributed by atoms with E-state index in [0.29, 0.717) is 5.92 Å². The Morgan fingerprint density at radius 1 is 1.35 bits per heavy atom. The van der Waals surface area contributed by atoms with Gasteiger partial charge in [-0.25, -0.2) is 9.18 Å². The molecule has 23 heavy (non-hydrogen) atoms. The van der Waals surface area contributed by atoms with Crippen LogP contribution < -0.4 is 15.4 Å². The van der Waals surface area contributed by atoms with Gasteiger partial charge in [-0.15, -0.1) is 0 Å². The maximum absolute atomic E-state index is 13.0. The van der Waals surface area contributed by atoms with E-state index in [4.69, 9.17) is 16.3 Å². The molecule has 0 aromatic heterocycles. The van der Waals surface area contributed by atoms with E-state index in [9.17, 15) is 14.0 Å². The highest BCUT2D eigenvalue weighted by Gasteiger charge is 2.23. The molecule has 2 N–H and O–H groups in total. The molecule has 1 aromatic carbocycles. The lowest BCUT2D eigenvalue weighted by Gasteiger charge is -2.29. The molecule has 0 spiro atoms. The summed E-state index contributed by atoms with van der Waals surface area (Å²) in [5.41, 5.74) is 0. The summed E-state index contributed by atoms with van der Waals surface area (Å²) in [6.07, 6.45) is 4.26. The van der Waals surface area contributed by atoms with Crippen molar-refractivity contribution >= 4 is 23.5 Å². The number of hydrogen-bond acceptors (Lipinski definition) is 3. The SMILES string of the molecule is CC1CCCCC1NC(=O)NC(=O)COc1ccc(F)c(Cl)c1. The topological polar surface area (TPSA) is 67.4 Å². The Morgan fingerprint density at radius 2 is 2.09 bits per heavy atom. The standard InChI is InChI=1S/C16H20ClFN2O3/c1-10-4-2-3-5-14(10)19-16(22)20-15(21)9-23-11-6-7-13(18)12(17)8-11/h6-8,10,14H,2-5,9H2,1H3,(H2,19,20,21,22). The van der Waals surface area contributed by atoms with Crippen molar-refractivity contribution in [1.29, 1.82) is 0 Å². The minimum absolute atomic E-state index is 0.0908. The third-order valence-corrected chi connectivity index (χ3v) is 4.23. The lowest BCUT2D eigenvalue weighted by Crippen LogP contribution is -2.48. The summed E-state index contributed by atoms with van der Waals surface area (Å²) in [5.74, 6) is -0.481. The van der Waals surface area contributed by atoms with Crippen LogP contribution in [0.5, 0.6) is 5.75 Å². The molecule has 3 amide bonds. The predicted molar refractivity (Wildman–Crippen MR) is 85.0 cm³/mol. The number of benzene rings is 1. The van der Waals surface area contributed by atoms with E-state index in [-0.39, 0.29) is 23.4 Å². The fraction of sp³-hybridized carbons (Fsp3) is 0.500. The third kappa shape index (κ3) is 5.39. The second-order valence-corrected chi connectivity index (χ2v) is 6.16. The van der Waals surface area contributed by atoms with Crippen molar-refractivity contribution in [3.63, 3.8) is 0 Å². The quantitative estimate of drug-likeness (QED) is 0.882. The molecule has 0 aliphatic heterocycles. The zero-order valence-corrected chi connectivity index (χ0v) is 13.7. The Hall–Kier alpha value is -1.82. The van der Waals surface area contributed by atoms with Crippen LogP contribution in [0.1, 0.15) is 32.6 Å². The van der Waals surface area contributed by atoms with Crippen molar-refractivity contribution in [3.8, 4) is 5.75 Å². The first-order valence-electron chi connectivity index (χ1n) is 7.64. The number of ether oxygens (including phenoxy) is 1. The van der Waals surface area contributed by atoms with Crippen LogP contribution in [0.4, 0.5) is 9.18 Å². The highest BCUT2D eigenvalue weighted by molar-refractivity contribution is 6.30. The van der Waals surface area contributed by atoms with Crippen LogP contribution in [0.25, 0.3) is 0 Å². The van der Waals surface area contributed by atoms with Crippen LogP contribution in [0.2, 0.25) is 5.02 Å². The maximum Gasteiger partial charge on any atom is 0.321 e. The van der Waals surface area contributed by atoms with Gasteiger partial charge in [0.2, 0.25) is 0 Å². The van der Waals surface area contributed by atoms with E-state index < -0.39 is 17.8 Å². The maximum atomic E-state index is 13.0. The molecule has 5 nitrogen and oxygen atoms in total. The van der Waals surface area contributed by atoms with Crippen molar-refractivity contribution in [2.75, 3.05) is 6.61 Å². The van der Waals surface area contributed by atoms with Gasteiger partial charge in [-0.3, -0.25) is 10.1 Å². The average molecular weight is 343 g/mol. The molecule has 1 saturated carbocycles. The number of imide groups is 1. The van der Waals surface area contributed by atoms with Crippen LogP contribution >= 0.6 is 11.6 Å². The van der Waals surface area contributed by atoms with E-state index in [1.54, 1.807) is 0 Å². The molecule has 1 aliphatic carbocycles. The van der Waals surface area contributed by atoms with Gasteiger partial charge in [-0.2, -0.15) is 0 Å². The van der Waals surface area contributed by atoms with E-state index in [0.717, 1.165) is 25.3 Å². The number of carbonyl (C=O) groups excluding carboxylic acids is 2. The fourth-order valence-corrected chi connectivity index (χ4v) is 2.78. The Balaban J connectivity index is 1.75. The number of hydrogen-bond donors (Lipinski definition) is 2. The van der Waals surface area contributed by atoms with Crippen LogP contribution in [-0.2, 0) is 4.79 Å². The lowest BCUT2D eigenvalue weighted by atomic mass is 9.86. The second kappa shape index (κ2) is 8.15. The van der Waals surface area contributed by atoms with Gasteiger partial charge in [-0.1, -0.05) is 31.4 Å². The van der Waals surface area contributed by atoms with Gasteiger partial charge >= 0.3 is 6.03 Å². The number of halogens is 2. The van der Waals surface area contributed by atoms with Gasteiger partial charge in [0.15, 0.2) is 6.61 Å². The zero-order valence-electron chi connectivity index (χ0n) is 12.9. The van der Waals surface area contributed by atoms with E-state index >= 15 is 0 Å².